The van der Waals surface area contributed by atoms with Crippen molar-refractivity contribution in [1.82, 2.24) is 10.6 Å². The number of allylic oxidation sites excluding steroid dienone is 1. The number of nitrogens with zero attached hydrogens (tertiary/aromatic N) is 1. The Kier molecular flexibility index (Phi) is 13.8. The molecule has 0 amide bonds. The summed E-state index contributed by atoms with van der Waals surface area (Å²) in [6, 6.07) is 10.3. The number of hydrogen-bond donors (Lipinski definition) is 2. The van der Waals surface area contributed by atoms with Gasteiger partial charge in [0.2, 0.25) is 0 Å². The van der Waals surface area contributed by atoms with Crippen LogP contribution in [-0.2, 0) is 4.74 Å². The lowest BCUT2D eigenvalue weighted by atomic mass is 10.1. The van der Waals surface area contributed by atoms with Crippen LogP contribution in [0.25, 0.3) is 0 Å². The lowest BCUT2D eigenvalue weighted by molar-refractivity contribution is 0.0646. The molecule has 0 aliphatic carbocycles. The van der Waals surface area contributed by atoms with Crippen molar-refractivity contribution in [3.05, 3.63) is 48.0 Å². The van der Waals surface area contributed by atoms with E-state index < -0.39 is 0 Å². The zero-order valence-corrected chi connectivity index (χ0v) is 16.7. The minimum atomic E-state index is 0. The Hall–Kier alpha value is -1.08. The van der Waals surface area contributed by atoms with Crippen molar-refractivity contribution in [3.8, 4) is 0 Å². The minimum Gasteiger partial charge on any atom is -0.374 e. The maximum absolute atomic E-state index is 5.85. The van der Waals surface area contributed by atoms with Crippen LogP contribution in [0.1, 0.15) is 38.4 Å². The Morgan fingerprint density at radius 2 is 1.91 bits per heavy atom. The summed E-state index contributed by atoms with van der Waals surface area (Å²) >= 11 is 0. The Morgan fingerprint density at radius 1 is 1.22 bits per heavy atom. The molecular formula is C18H30IN3O. The molecule has 5 heteroatoms. The topological polar surface area (TPSA) is 45.7 Å². The van der Waals surface area contributed by atoms with Crippen LogP contribution < -0.4 is 10.6 Å². The Morgan fingerprint density at radius 3 is 2.57 bits per heavy atom. The van der Waals surface area contributed by atoms with Gasteiger partial charge < -0.3 is 15.4 Å². The van der Waals surface area contributed by atoms with E-state index in [1.54, 1.807) is 7.05 Å². The molecule has 1 aromatic carbocycles. The van der Waals surface area contributed by atoms with Crippen LogP contribution in [0.3, 0.4) is 0 Å². The van der Waals surface area contributed by atoms with Gasteiger partial charge in [0.05, 0.1) is 6.10 Å². The first kappa shape index (κ1) is 21.9. The van der Waals surface area contributed by atoms with Gasteiger partial charge in [-0.05, 0) is 32.3 Å². The van der Waals surface area contributed by atoms with Crippen molar-refractivity contribution in [2.24, 2.45) is 4.99 Å². The van der Waals surface area contributed by atoms with Crippen molar-refractivity contribution in [2.75, 3.05) is 26.7 Å². The van der Waals surface area contributed by atoms with Gasteiger partial charge in [-0.25, -0.2) is 0 Å². The molecule has 0 aliphatic rings. The summed E-state index contributed by atoms with van der Waals surface area (Å²) in [6.07, 6.45) is 6.29. The van der Waals surface area contributed by atoms with E-state index in [1.807, 2.05) is 25.1 Å². The molecule has 130 valence electrons. The smallest absolute Gasteiger partial charge is 0.190 e. The zero-order chi connectivity index (χ0) is 16.0. The highest BCUT2D eigenvalue weighted by Crippen LogP contribution is 2.15. The third kappa shape index (κ3) is 10.3. The maximum Gasteiger partial charge on any atom is 0.190 e. The lowest BCUT2D eigenvalue weighted by Crippen LogP contribution is -2.38. The molecule has 1 atom stereocenters. The molecule has 23 heavy (non-hydrogen) atoms. The fourth-order valence-electron chi connectivity index (χ4n) is 2.02. The van der Waals surface area contributed by atoms with E-state index in [0.29, 0.717) is 0 Å². The molecular weight excluding hydrogens is 401 g/mol. The summed E-state index contributed by atoms with van der Waals surface area (Å²) in [6.45, 7) is 6.60. The molecule has 0 bridgehead atoms. The molecule has 0 radical (unpaired) electrons. The number of hydrogen-bond acceptors (Lipinski definition) is 2. The van der Waals surface area contributed by atoms with Gasteiger partial charge in [0, 0.05) is 26.7 Å². The number of aliphatic imine (C=N–C) groups is 1. The van der Waals surface area contributed by atoms with E-state index in [0.717, 1.165) is 38.5 Å². The van der Waals surface area contributed by atoms with Crippen LogP contribution in [0.5, 0.6) is 0 Å². The molecule has 1 aromatic rings. The summed E-state index contributed by atoms with van der Waals surface area (Å²) in [5.41, 5.74) is 1.22. The van der Waals surface area contributed by atoms with Crippen LogP contribution >= 0.6 is 24.0 Å². The number of nitrogens with one attached hydrogen (secondary N) is 2. The number of rotatable bonds is 9. The van der Waals surface area contributed by atoms with Crippen molar-refractivity contribution >= 4 is 29.9 Å². The van der Waals surface area contributed by atoms with Gasteiger partial charge in [0.15, 0.2) is 5.96 Å². The minimum absolute atomic E-state index is 0. The molecule has 0 saturated heterocycles. The first-order valence-electron chi connectivity index (χ1n) is 8.00. The highest BCUT2D eigenvalue weighted by molar-refractivity contribution is 14.0. The number of guanidine groups is 1. The molecule has 0 heterocycles. The first-order valence-corrected chi connectivity index (χ1v) is 8.00. The summed E-state index contributed by atoms with van der Waals surface area (Å²) in [5.74, 6) is 0.848. The summed E-state index contributed by atoms with van der Waals surface area (Å²) in [5, 5.41) is 6.57. The number of ether oxygens (including phenoxy) is 1. The maximum atomic E-state index is 5.85. The van der Waals surface area contributed by atoms with Gasteiger partial charge in [-0.2, -0.15) is 0 Å². The third-order valence-corrected chi connectivity index (χ3v) is 3.31. The van der Waals surface area contributed by atoms with E-state index >= 15 is 0 Å². The van der Waals surface area contributed by atoms with Gasteiger partial charge in [0.1, 0.15) is 0 Å². The average molecular weight is 431 g/mol. The van der Waals surface area contributed by atoms with E-state index in [1.165, 1.54) is 5.56 Å². The Balaban J connectivity index is 0.00000484. The number of halogens is 1. The summed E-state index contributed by atoms with van der Waals surface area (Å²) in [4.78, 5) is 4.20. The van der Waals surface area contributed by atoms with E-state index in [4.69, 9.17) is 4.74 Å². The molecule has 4 nitrogen and oxygen atoms in total. The van der Waals surface area contributed by atoms with Crippen molar-refractivity contribution in [2.45, 2.75) is 32.8 Å². The predicted octanol–water partition coefficient (Wildman–Crippen LogP) is 3.90. The third-order valence-electron chi connectivity index (χ3n) is 3.31. The second-order valence-corrected chi connectivity index (χ2v) is 5.06. The second-order valence-electron chi connectivity index (χ2n) is 5.06. The molecule has 1 rings (SSSR count). The highest BCUT2D eigenvalue weighted by Gasteiger charge is 2.04. The average Bonchev–Trinajstić information content (AvgIpc) is 2.57. The van der Waals surface area contributed by atoms with E-state index in [-0.39, 0.29) is 30.1 Å². The second kappa shape index (κ2) is 14.5. The predicted molar refractivity (Wildman–Crippen MR) is 110 cm³/mol. The molecule has 2 N–H and O–H groups in total. The molecule has 0 spiro atoms. The van der Waals surface area contributed by atoms with Gasteiger partial charge in [-0.15, -0.1) is 24.0 Å². The van der Waals surface area contributed by atoms with Crippen LogP contribution in [-0.4, -0.2) is 32.7 Å². The summed E-state index contributed by atoms with van der Waals surface area (Å²) < 4.78 is 5.85. The standard InChI is InChI=1S/C18H29N3O.HI/c1-4-5-9-13-20-18(19-3)21-14-10-15-22-16(2)17-11-7-6-8-12-17;/h4-8,11-12,16H,9-10,13-15H2,1-3H3,(H2,19,20,21);1H/b5-4+;. The van der Waals surface area contributed by atoms with Crippen molar-refractivity contribution in [1.29, 1.82) is 0 Å². The SMILES string of the molecule is C/C=C/CCNC(=NC)NCCCOC(C)c1ccccc1.I. The molecule has 1 unspecified atom stereocenters. The first-order chi connectivity index (χ1) is 10.8. The van der Waals surface area contributed by atoms with Crippen molar-refractivity contribution in [3.63, 3.8) is 0 Å². The van der Waals surface area contributed by atoms with Crippen molar-refractivity contribution < 1.29 is 4.74 Å². The van der Waals surface area contributed by atoms with E-state index in [9.17, 15) is 0 Å². The van der Waals surface area contributed by atoms with Crippen LogP contribution in [0.15, 0.2) is 47.5 Å². The monoisotopic (exact) mass is 431 g/mol. The van der Waals surface area contributed by atoms with Crippen LogP contribution in [0.4, 0.5) is 0 Å². The van der Waals surface area contributed by atoms with Gasteiger partial charge in [-0.1, -0.05) is 42.5 Å². The molecule has 0 fully saturated rings. The van der Waals surface area contributed by atoms with Gasteiger partial charge in [-0.3, -0.25) is 4.99 Å². The molecule has 0 aliphatic heterocycles. The Bertz CT molecular complexity index is 449. The van der Waals surface area contributed by atoms with Gasteiger partial charge in [0.25, 0.3) is 0 Å². The molecule has 0 aromatic heterocycles. The number of benzene rings is 1. The largest absolute Gasteiger partial charge is 0.374 e. The highest BCUT2D eigenvalue weighted by atomic mass is 127. The zero-order valence-electron chi connectivity index (χ0n) is 14.4. The fraction of sp³-hybridized carbons (Fsp3) is 0.500. The quantitative estimate of drug-likeness (QED) is 0.205. The lowest BCUT2D eigenvalue weighted by Gasteiger charge is -2.14. The van der Waals surface area contributed by atoms with Crippen LogP contribution in [0, 0.1) is 0 Å². The van der Waals surface area contributed by atoms with E-state index in [2.05, 4.69) is 46.8 Å². The van der Waals surface area contributed by atoms with Crippen LogP contribution in [0.2, 0.25) is 0 Å². The molecule has 0 saturated carbocycles. The summed E-state index contributed by atoms with van der Waals surface area (Å²) in [7, 11) is 1.79. The normalized spacial score (nSPS) is 12.7. The van der Waals surface area contributed by atoms with Gasteiger partial charge >= 0.3 is 0 Å². The fourth-order valence-corrected chi connectivity index (χ4v) is 2.02. The Labute approximate surface area is 157 Å².